The summed E-state index contributed by atoms with van der Waals surface area (Å²) in [5.74, 6) is -0.385. The third-order valence-electron chi connectivity index (χ3n) is 6.32. The number of nitrogens with two attached hydrogens (primary N) is 1. The topological polar surface area (TPSA) is 138 Å². The number of ether oxygens (including phenoxy) is 3. The number of carbonyl (C=O) groups is 1. The zero-order valence-corrected chi connectivity index (χ0v) is 22.6. The molecule has 0 fully saturated rings. The van der Waals surface area contributed by atoms with E-state index in [-0.39, 0.29) is 35.1 Å². The van der Waals surface area contributed by atoms with E-state index in [0.29, 0.717) is 27.1 Å². The maximum absolute atomic E-state index is 12.6. The van der Waals surface area contributed by atoms with Gasteiger partial charge in [-0.15, -0.1) is 0 Å². The molecule has 0 bridgehead atoms. The Hall–Kier alpha value is -5.04. The maximum Gasteiger partial charge on any atom is 0.343 e. The molecular formula is C30H19Cl2N3O6. The van der Waals surface area contributed by atoms with Gasteiger partial charge in [0.25, 0.3) is 5.69 Å². The number of carbonyl (C=O) groups excluding carboxylic acids is 1. The van der Waals surface area contributed by atoms with Crippen molar-refractivity contribution in [2.45, 2.75) is 12.5 Å². The number of hydrogen-bond donors (Lipinski definition) is 1. The van der Waals surface area contributed by atoms with Gasteiger partial charge in [-0.2, -0.15) is 5.26 Å². The molecule has 0 saturated heterocycles. The molecule has 1 aliphatic rings. The highest BCUT2D eigenvalue weighted by Gasteiger charge is 2.31. The summed E-state index contributed by atoms with van der Waals surface area (Å²) >= 11 is 12.2. The zero-order valence-electron chi connectivity index (χ0n) is 21.0. The van der Waals surface area contributed by atoms with E-state index in [0.717, 1.165) is 17.2 Å². The molecule has 1 unspecified atom stereocenters. The second kappa shape index (κ2) is 11.6. The molecular weight excluding hydrogens is 569 g/mol. The Labute approximate surface area is 244 Å². The summed E-state index contributed by atoms with van der Waals surface area (Å²) < 4.78 is 17.0. The molecule has 11 heteroatoms. The van der Waals surface area contributed by atoms with Crippen molar-refractivity contribution in [1.29, 1.82) is 5.26 Å². The lowest BCUT2D eigenvalue weighted by Crippen LogP contribution is -2.21. The third-order valence-corrected chi connectivity index (χ3v) is 6.90. The van der Waals surface area contributed by atoms with Crippen LogP contribution in [0, 0.1) is 21.4 Å². The van der Waals surface area contributed by atoms with Crippen molar-refractivity contribution in [3.8, 4) is 23.3 Å². The van der Waals surface area contributed by atoms with Crippen LogP contribution in [0.5, 0.6) is 17.2 Å². The Kier molecular flexibility index (Phi) is 7.79. The number of rotatable bonds is 7. The lowest BCUT2D eigenvalue weighted by Gasteiger charge is -2.26. The van der Waals surface area contributed by atoms with Crippen LogP contribution in [0.15, 0.2) is 96.4 Å². The van der Waals surface area contributed by atoms with Crippen molar-refractivity contribution in [1.82, 2.24) is 0 Å². The molecule has 4 aromatic carbocycles. The summed E-state index contributed by atoms with van der Waals surface area (Å²) in [6, 6.07) is 24.4. The second-order valence-corrected chi connectivity index (χ2v) is 9.76. The van der Waals surface area contributed by atoms with Crippen LogP contribution in [0.1, 0.15) is 33.0 Å². The third kappa shape index (κ3) is 5.94. The fourth-order valence-electron chi connectivity index (χ4n) is 4.31. The number of non-ortho nitro benzene ring substituents is 1. The standard InChI is InChI=1S/C30H19Cl2N3O6/c31-20-7-4-19(26(32)13-20)16-39-22-8-5-17(6-9-22)28-24-11-10-23(14-27(24)41-29(34)25(28)15-33)40-30(36)18-2-1-3-21(12-18)35(37)38/h1-14,28H,16,34H2. The predicted octanol–water partition coefficient (Wildman–Crippen LogP) is 6.92. The van der Waals surface area contributed by atoms with Crippen molar-refractivity contribution in [2.75, 3.05) is 0 Å². The molecule has 2 N–H and O–H groups in total. The van der Waals surface area contributed by atoms with Crippen molar-refractivity contribution in [2.24, 2.45) is 5.73 Å². The molecule has 204 valence electrons. The second-order valence-electron chi connectivity index (χ2n) is 8.91. The summed E-state index contributed by atoms with van der Waals surface area (Å²) in [6.07, 6.45) is 0. The van der Waals surface area contributed by atoms with Crippen LogP contribution in [0.2, 0.25) is 10.0 Å². The summed E-state index contributed by atoms with van der Waals surface area (Å²) in [6.45, 7) is 0.240. The summed E-state index contributed by atoms with van der Waals surface area (Å²) in [7, 11) is 0. The first-order valence-electron chi connectivity index (χ1n) is 12.1. The first kappa shape index (κ1) is 27.5. The van der Waals surface area contributed by atoms with Crippen molar-refractivity contribution >= 4 is 34.9 Å². The Balaban J connectivity index is 1.37. The lowest BCUT2D eigenvalue weighted by molar-refractivity contribution is -0.384. The van der Waals surface area contributed by atoms with E-state index in [1.165, 1.54) is 24.3 Å². The number of esters is 1. The van der Waals surface area contributed by atoms with Gasteiger partial charge in [0.15, 0.2) is 0 Å². The minimum absolute atomic E-state index is 0.0162. The molecule has 0 aliphatic carbocycles. The summed E-state index contributed by atoms with van der Waals surface area (Å²) in [5, 5.41) is 21.9. The summed E-state index contributed by atoms with van der Waals surface area (Å²) in [5.41, 5.74) is 8.28. The molecule has 0 spiro atoms. The average Bonchev–Trinajstić information content (AvgIpc) is 2.96. The zero-order chi connectivity index (χ0) is 29.1. The number of benzene rings is 4. The number of halogens is 2. The Morgan fingerprint density at radius 3 is 2.49 bits per heavy atom. The maximum atomic E-state index is 12.6. The highest BCUT2D eigenvalue weighted by atomic mass is 35.5. The highest BCUT2D eigenvalue weighted by molar-refractivity contribution is 6.35. The molecule has 1 aliphatic heterocycles. The highest BCUT2D eigenvalue weighted by Crippen LogP contribution is 2.43. The first-order chi connectivity index (χ1) is 19.7. The number of hydrogen-bond acceptors (Lipinski definition) is 8. The van der Waals surface area contributed by atoms with E-state index < -0.39 is 16.8 Å². The van der Waals surface area contributed by atoms with Gasteiger partial charge in [0.1, 0.15) is 35.5 Å². The van der Waals surface area contributed by atoms with E-state index >= 15 is 0 Å². The molecule has 0 aromatic heterocycles. The van der Waals surface area contributed by atoms with Gasteiger partial charge in [-0.3, -0.25) is 10.1 Å². The van der Waals surface area contributed by atoms with E-state index in [2.05, 4.69) is 6.07 Å². The number of nitro benzene ring substituents is 1. The molecule has 0 radical (unpaired) electrons. The fourth-order valence-corrected chi connectivity index (χ4v) is 4.77. The fraction of sp³-hybridized carbons (Fsp3) is 0.0667. The molecule has 4 aromatic rings. The average molecular weight is 588 g/mol. The summed E-state index contributed by atoms with van der Waals surface area (Å²) in [4.78, 5) is 23.1. The minimum Gasteiger partial charge on any atom is -0.489 e. The molecule has 0 saturated carbocycles. The minimum atomic E-state index is -0.780. The van der Waals surface area contributed by atoms with Crippen LogP contribution in [-0.2, 0) is 6.61 Å². The smallest absolute Gasteiger partial charge is 0.343 e. The van der Waals surface area contributed by atoms with Crippen LogP contribution in [-0.4, -0.2) is 10.9 Å². The van der Waals surface area contributed by atoms with Crippen LogP contribution >= 0.6 is 23.2 Å². The first-order valence-corrected chi connectivity index (χ1v) is 12.8. The SMILES string of the molecule is N#CC1=C(N)Oc2cc(OC(=O)c3cccc([N+](=O)[O-])c3)ccc2C1c1ccc(OCc2ccc(Cl)cc2Cl)cc1. The van der Waals surface area contributed by atoms with Gasteiger partial charge in [0.2, 0.25) is 5.88 Å². The predicted molar refractivity (Wildman–Crippen MR) is 151 cm³/mol. The van der Waals surface area contributed by atoms with E-state index in [4.69, 9.17) is 43.1 Å². The van der Waals surface area contributed by atoms with E-state index in [1.54, 1.807) is 42.5 Å². The van der Waals surface area contributed by atoms with Crippen molar-refractivity contribution in [3.05, 3.63) is 139 Å². The normalized spacial score (nSPS) is 13.9. The quantitative estimate of drug-likeness (QED) is 0.106. The molecule has 5 rings (SSSR count). The number of nitrogens with zero attached hydrogens (tertiary/aromatic N) is 2. The van der Waals surface area contributed by atoms with Crippen LogP contribution in [0.3, 0.4) is 0 Å². The van der Waals surface area contributed by atoms with E-state index in [9.17, 15) is 20.2 Å². The van der Waals surface area contributed by atoms with Gasteiger partial charge in [-0.05, 0) is 42.0 Å². The monoisotopic (exact) mass is 587 g/mol. The van der Waals surface area contributed by atoms with Crippen LogP contribution in [0.4, 0.5) is 5.69 Å². The molecule has 41 heavy (non-hydrogen) atoms. The van der Waals surface area contributed by atoms with E-state index in [1.807, 2.05) is 12.1 Å². The Bertz CT molecular complexity index is 1750. The number of nitriles is 1. The van der Waals surface area contributed by atoms with Crippen molar-refractivity contribution < 1.29 is 23.9 Å². The molecule has 0 amide bonds. The van der Waals surface area contributed by atoms with Crippen LogP contribution in [0.25, 0.3) is 0 Å². The van der Waals surface area contributed by atoms with Crippen molar-refractivity contribution in [3.63, 3.8) is 0 Å². The van der Waals surface area contributed by atoms with Gasteiger partial charge in [-0.1, -0.05) is 53.5 Å². The van der Waals surface area contributed by atoms with Crippen LogP contribution < -0.4 is 19.9 Å². The molecule has 1 heterocycles. The lowest BCUT2D eigenvalue weighted by atomic mass is 9.83. The number of nitro groups is 1. The number of allylic oxidation sites excluding steroid dienone is 1. The Morgan fingerprint density at radius 1 is 1.02 bits per heavy atom. The largest absolute Gasteiger partial charge is 0.489 e. The molecule has 9 nitrogen and oxygen atoms in total. The molecule has 1 atom stereocenters. The van der Waals surface area contributed by atoms with Gasteiger partial charge in [0, 0.05) is 39.4 Å². The Morgan fingerprint density at radius 2 is 1.78 bits per heavy atom. The van der Waals surface area contributed by atoms with Gasteiger partial charge in [-0.25, -0.2) is 4.79 Å². The number of fused-ring (bicyclic) bond motifs is 1. The van der Waals surface area contributed by atoms with Gasteiger partial charge < -0.3 is 19.9 Å². The van der Waals surface area contributed by atoms with Gasteiger partial charge in [0.05, 0.1) is 16.4 Å². The van der Waals surface area contributed by atoms with Gasteiger partial charge >= 0.3 is 5.97 Å².